The number of carboxylic acids is 1. The minimum Gasteiger partial charge on any atom is -0.481 e. The molecule has 2 rings (SSSR count). The van der Waals surface area contributed by atoms with Crippen LogP contribution in [0.4, 0.5) is 0 Å². The van der Waals surface area contributed by atoms with Gasteiger partial charge in [0.2, 0.25) is 0 Å². The first-order valence-corrected chi connectivity index (χ1v) is 4.46. The summed E-state index contributed by atoms with van der Waals surface area (Å²) in [7, 11) is 0. The van der Waals surface area contributed by atoms with Crippen LogP contribution in [-0.4, -0.2) is 16.9 Å². The van der Waals surface area contributed by atoms with E-state index >= 15 is 0 Å². The number of rotatable bonds is 1. The number of aliphatic carboxylic acids is 1. The van der Waals surface area contributed by atoms with Crippen LogP contribution in [0, 0.1) is 6.92 Å². The molecule has 3 heteroatoms. The number of hydrogen-bond acceptors (Lipinski definition) is 2. The van der Waals surface area contributed by atoms with Gasteiger partial charge in [-0.15, -0.1) is 0 Å². The third kappa shape index (κ3) is 1.21. The van der Waals surface area contributed by atoms with Crippen LogP contribution in [0.25, 0.3) is 0 Å². The molecular formula is C11H10O3. The van der Waals surface area contributed by atoms with E-state index in [0.717, 1.165) is 5.56 Å². The summed E-state index contributed by atoms with van der Waals surface area (Å²) in [5, 5.41) is 8.89. The van der Waals surface area contributed by atoms with Crippen molar-refractivity contribution in [2.75, 3.05) is 0 Å². The lowest BCUT2D eigenvalue weighted by Crippen LogP contribution is -2.08. The molecule has 0 spiro atoms. The maximum absolute atomic E-state index is 11.5. The van der Waals surface area contributed by atoms with Gasteiger partial charge in [0.25, 0.3) is 0 Å². The number of ketones is 1. The molecule has 72 valence electrons. The summed E-state index contributed by atoms with van der Waals surface area (Å²) in [6.07, 6.45) is 0.105. The normalized spacial score (nSPS) is 19.5. The number of carboxylic acid groups (broad SMARTS) is 1. The summed E-state index contributed by atoms with van der Waals surface area (Å²) in [5.41, 5.74) is 2.23. The van der Waals surface area contributed by atoms with Gasteiger partial charge < -0.3 is 5.11 Å². The van der Waals surface area contributed by atoms with Gasteiger partial charge in [-0.1, -0.05) is 17.7 Å². The third-order valence-electron chi connectivity index (χ3n) is 2.57. The average molecular weight is 190 g/mol. The quantitative estimate of drug-likeness (QED) is 0.733. The minimum atomic E-state index is -0.916. The Labute approximate surface area is 81.4 Å². The lowest BCUT2D eigenvalue weighted by Gasteiger charge is -2.04. The average Bonchev–Trinajstić information content (AvgIpc) is 2.44. The number of Topliss-reactive ketones (excluding diaryl/α,β-unsaturated/α-hetero) is 1. The summed E-state index contributed by atoms with van der Waals surface area (Å²) in [6, 6.07) is 5.35. The van der Waals surface area contributed by atoms with E-state index in [2.05, 4.69) is 0 Å². The van der Waals surface area contributed by atoms with Crippen LogP contribution >= 0.6 is 0 Å². The summed E-state index contributed by atoms with van der Waals surface area (Å²) in [4.78, 5) is 22.3. The van der Waals surface area contributed by atoms with Crippen LogP contribution < -0.4 is 0 Å². The first kappa shape index (κ1) is 8.94. The van der Waals surface area contributed by atoms with Gasteiger partial charge in [0, 0.05) is 12.0 Å². The molecule has 0 heterocycles. The zero-order valence-electron chi connectivity index (χ0n) is 7.78. The van der Waals surface area contributed by atoms with Crippen molar-refractivity contribution < 1.29 is 14.7 Å². The zero-order valence-corrected chi connectivity index (χ0v) is 7.78. The molecule has 0 saturated carbocycles. The summed E-state index contributed by atoms with van der Waals surface area (Å²) < 4.78 is 0. The largest absolute Gasteiger partial charge is 0.481 e. The Bertz CT molecular complexity index is 421. The van der Waals surface area contributed by atoms with Gasteiger partial charge in [0.05, 0.1) is 5.92 Å². The number of carbonyl (C=O) groups excluding carboxylic acids is 1. The predicted molar refractivity (Wildman–Crippen MR) is 50.5 cm³/mol. The van der Waals surface area contributed by atoms with E-state index < -0.39 is 11.9 Å². The van der Waals surface area contributed by atoms with Crippen LogP contribution in [0.15, 0.2) is 18.2 Å². The Balaban J connectivity index is 2.55. The highest BCUT2D eigenvalue weighted by Gasteiger charge is 2.33. The van der Waals surface area contributed by atoms with Gasteiger partial charge >= 0.3 is 5.97 Å². The molecule has 0 unspecified atom stereocenters. The highest BCUT2D eigenvalue weighted by molar-refractivity contribution is 6.05. The fraction of sp³-hybridized carbons (Fsp3) is 0.273. The standard InChI is InChI=1S/C11H10O3/c1-6-2-3-7-8(4-6)10(12)5-9(7)11(13)14/h2-4,9H,5H2,1H3,(H,13,14)/t9-/m1/s1. The second-order valence-electron chi connectivity index (χ2n) is 3.61. The fourth-order valence-electron chi connectivity index (χ4n) is 1.84. The molecule has 0 fully saturated rings. The summed E-state index contributed by atoms with van der Waals surface area (Å²) in [5.74, 6) is -1.62. The molecule has 1 atom stereocenters. The SMILES string of the molecule is Cc1ccc2c(c1)C(=O)C[C@H]2C(=O)O. The Kier molecular flexibility index (Phi) is 1.88. The van der Waals surface area contributed by atoms with Crippen LogP contribution in [0.3, 0.4) is 0 Å². The Morgan fingerprint density at radius 1 is 1.50 bits per heavy atom. The van der Waals surface area contributed by atoms with Gasteiger partial charge in [0.15, 0.2) is 5.78 Å². The van der Waals surface area contributed by atoms with E-state index in [0.29, 0.717) is 11.1 Å². The lowest BCUT2D eigenvalue weighted by atomic mass is 10.0. The summed E-state index contributed by atoms with van der Waals surface area (Å²) >= 11 is 0. The van der Waals surface area contributed by atoms with E-state index in [1.807, 2.05) is 13.0 Å². The van der Waals surface area contributed by atoms with Crippen LogP contribution in [0.2, 0.25) is 0 Å². The molecule has 14 heavy (non-hydrogen) atoms. The number of fused-ring (bicyclic) bond motifs is 1. The third-order valence-corrected chi connectivity index (χ3v) is 2.57. The number of benzene rings is 1. The molecule has 1 N–H and O–H groups in total. The first-order valence-electron chi connectivity index (χ1n) is 4.46. The van der Waals surface area contributed by atoms with Crippen molar-refractivity contribution in [1.82, 2.24) is 0 Å². The molecule has 0 amide bonds. The van der Waals surface area contributed by atoms with Gasteiger partial charge in [-0.05, 0) is 18.6 Å². The highest BCUT2D eigenvalue weighted by atomic mass is 16.4. The minimum absolute atomic E-state index is 0.0592. The van der Waals surface area contributed by atoms with Gasteiger partial charge in [-0.3, -0.25) is 9.59 Å². The Hall–Kier alpha value is -1.64. The molecule has 0 aliphatic heterocycles. The molecule has 3 nitrogen and oxygen atoms in total. The van der Waals surface area contributed by atoms with Crippen molar-refractivity contribution >= 4 is 11.8 Å². The zero-order chi connectivity index (χ0) is 10.3. The molecule has 1 aliphatic carbocycles. The van der Waals surface area contributed by atoms with Gasteiger partial charge in [-0.25, -0.2) is 0 Å². The van der Waals surface area contributed by atoms with E-state index in [9.17, 15) is 9.59 Å². The number of hydrogen-bond donors (Lipinski definition) is 1. The van der Waals surface area contributed by atoms with E-state index in [1.165, 1.54) is 0 Å². The monoisotopic (exact) mass is 190 g/mol. The highest BCUT2D eigenvalue weighted by Crippen LogP contribution is 2.33. The van der Waals surface area contributed by atoms with Crippen LogP contribution in [-0.2, 0) is 4.79 Å². The number of aryl methyl sites for hydroxylation is 1. The van der Waals surface area contributed by atoms with Crippen molar-refractivity contribution in [3.63, 3.8) is 0 Å². The molecule has 1 aliphatic rings. The van der Waals surface area contributed by atoms with Gasteiger partial charge in [0.1, 0.15) is 0 Å². The molecule has 0 bridgehead atoms. The van der Waals surface area contributed by atoms with E-state index in [4.69, 9.17) is 5.11 Å². The second-order valence-corrected chi connectivity index (χ2v) is 3.61. The first-order chi connectivity index (χ1) is 6.59. The Morgan fingerprint density at radius 3 is 2.86 bits per heavy atom. The van der Waals surface area contributed by atoms with E-state index in [1.54, 1.807) is 12.1 Å². The van der Waals surface area contributed by atoms with Crippen LogP contribution in [0.5, 0.6) is 0 Å². The Morgan fingerprint density at radius 2 is 2.21 bits per heavy atom. The summed E-state index contributed by atoms with van der Waals surface area (Å²) in [6.45, 7) is 1.89. The molecule has 0 saturated heterocycles. The van der Waals surface area contributed by atoms with E-state index in [-0.39, 0.29) is 12.2 Å². The van der Waals surface area contributed by atoms with Crippen molar-refractivity contribution in [3.05, 3.63) is 34.9 Å². The lowest BCUT2D eigenvalue weighted by molar-refractivity contribution is -0.138. The topological polar surface area (TPSA) is 54.4 Å². The molecule has 1 aromatic carbocycles. The molecule has 0 radical (unpaired) electrons. The molecule has 0 aromatic heterocycles. The van der Waals surface area contributed by atoms with Crippen LogP contribution in [0.1, 0.15) is 33.8 Å². The fourth-order valence-corrected chi connectivity index (χ4v) is 1.84. The smallest absolute Gasteiger partial charge is 0.311 e. The molecule has 1 aromatic rings. The van der Waals surface area contributed by atoms with Gasteiger partial charge in [-0.2, -0.15) is 0 Å². The second kappa shape index (κ2) is 2.94. The predicted octanol–water partition coefficient (Wildman–Crippen LogP) is 1.75. The van der Waals surface area contributed by atoms with Crippen molar-refractivity contribution in [1.29, 1.82) is 0 Å². The van der Waals surface area contributed by atoms with Crippen molar-refractivity contribution in [2.24, 2.45) is 0 Å². The van der Waals surface area contributed by atoms with Crippen molar-refractivity contribution in [3.8, 4) is 0 Å². The maximum atomic E-state index is 11.5. The number of carbonyl (C=O) groups is 2. The van der Waals surface area contributed by atoms with Crippen molar-refractivity contribution in [2.45, 2.75) is 19.3 Å². The molecular weight excluding hydrogens is 180 g/mol. The maximum Gasteiger partial charge on any atom is 0.311 e.